The van der Waals surface area contributed by atoms with Gasteiger partial charge in [-0.3, -0.25) is 9.89 Å². The third-order valence-corrected chi connectivity index (χ3v) is 4.89. The number of aliphatic hydroxyl groups is 1. The molecule has 2 rings (SSSR count). The summed E-state index contributed by atoms with van der Waals surface area (Å²) in [6, 6.07) is 14.1. The molecule has 2 unspecified atom stereocenters. The molecule has 3 N–H and O–H groups in total. The van der Waals surface area contributed by atoms with Gasteiger partial charge in [-0.15, -0.1) is 0 Å². The molecule has 1 aromatic carbocycles. The van der Waals surface area contributed by atoms with E-state index in [1.807, 2.05) is 49.4 Å². The van der Waals surface area contributed by atoms with Gasteiger partial charge in [0, 0.05) is 19.0 Å². The van der Waals surface area contributed by atoms with E-state index >= 15 is 0 Å². The van der Waals surface area contributed by atoms with Gasteiger partial charge in [-0.2, -0.15) is 0 Å². The van der Waals surface area contributed by atoms with Gasteiger partial charge in [0.25, 0.3) is 0 Å². The van der Waals surface area contributed by atoms with Gasteiger partial charge in [0.1, 0.15) is 5.76 Å². The molecule has 6 nitrogen and oxygen atoms in total. The summed E-state index contributed by atoms with van der Waals surface area (Å²) in [4.78, 5) is 7.07. The van der Waals surface area contributed by atoms with Gasteiger partial charge in [0.15, 0.2) is 5.96 Å². The molecular weight excluding hydrogens is 352 g/mol. The summed E-state index contributed by atoms with van der Waals surface area (Å²) < 4.78 is 5.67. The molecule has 0 aliphatic rings. The summed E-state index contributed by atoms with van der Waals surface area (Å²) >= 11 is 0. The fourth-order valence-corrected chi connectivity index (χ4v) is 3.29. The molecule has 0 saturated carbocycles. The topological polar surface area (TPSA) is 73.0 Å². The summed E-state index contributed by atoms with van der Waals surface area (Å²) in [6.45, 7) is 10.3. The molecule has 0 radical (unpaired) electrons. The highest BCUT2D eigenvalue weighted by Gasteiger charge is 2.21. The van der Waals surface area contributed by atoms with Crippen LogP contribution in [-0.2, 0) is 0 Å². The predicted octanol–water partition coefficient (Wildman–Crippen LogP) is 2.99. The van der Waals surface area contributed by atoms with Crippen molar-refractivity contribution in [1.29, 1.82) is 0 Å². The molecule has 1 heterocycles. The van der Waals surface area contributed by atoms with Crippen molar-refractivity contribution in [3.05, 3.63) is 60.1 Å². The average molecular weight is 387 g/mol. The van der Waals surface area contributed by atoms with Crippen molar-refractivity contribution < 1.29 is 9.52 Å². The van der Waals surface area contributed by atoms with E-state index in [0.717, 1.165) is 36.9 Å². The first-order valence-corrected chi connectivity index (χ1v) is 10.2. The molecule has 0 fully saturated rings. The zero-order chi connectivity index (χ0) is 20.2. The molecule has 2 aromatic rings. The summed E-state index contributed by atoms with van der Waals surface area (Å²) in [5.74, 6) is 1.69. The zero-order valence-corrected chi connectivity index (χ0v) is 17.3. The first kappa shape index (κ1) is 22.0. The maximum absolute atomic E-state index is 9.77. The Balaban J connectivity index is 2.06. The minimum Gasteiger partial charge on any atom is -0.468 e. The van der Waals surface area contributed by atoms with E-state index in [0.29, 0.717) is 13.1 Å². The molecular formula is C22H34N4O2. The number of furan rings is 1. The van der Waals surface area contributed by atoms with E-state index in [9.17, 15) is 5.11 Å². The second-order valence-corrected chi connectivity index (χ2v) is 6.64. The monoisotopic (exact) mass is 386 g/mol. The molecule has 154 valence electrons. The van der Waals surface area contributed by atoms with Crippen LogP contribution in [0.5, 0.6) is 0 Å². The van der Waals surface area contributed by atoms with Gasteiger partial charge >= 0.3 is 0 Å². The number of aliphatic hydroxyl groups excluding tert-OH is 1. The second-order valence-electron chi connectivity index (χ2n) is 6.64. The summed E-state index contributed by atoms with van der Waals surface area (Å²) in [5.41, 5.74) is 1.10. The van der Waals surface area contributed by atoms with E-state index in [1.165, 1.54) is 0 Å². The Morgan fingerprint density at radius 1 is 1.07 bits per heavy atom. The number of hydrogen-bond acceptors (Lipinski definition) is 4. The average Bonchev–Trinajstić information content (AvgIpc) is 3.26. The lowest BCUT2D eigenvalue weighted by molar-refractivity contribution is 0.193. The third kappa shape index (κ3) is 6.39. The van der Waals surface area contributed by atoms with Gasteiger partial charge < -0.3 is 20.2 Å². The van der Waals surface area contributed by atoms with Gasteiger partial charge in [-0.05, 0) is 37.7 Å². The van der Waals surface area contributed by atoms with Crippen molar-refractivity contribution in [3.8, 4) is 0 Å². The number of hydrogen-bond donors (Lipinski definition) is 3. The predicted molar refractivity (Wildman–Crippen MR) is 115 cm³/mol. The molecule has 0 aliphatic carbocycles. The van der Waals surface area contributed by atoms with Crippen LogP contribution in [-0.4, -0.2) is 55.3 Å². The lowest BCUT2D eigenvalue weighted by Crippen LogP contribution is -2.43. The standard InChI is InChI=1S/C22H34N4O2/c1-4-23-22(24-15-19(17-27)18-11-8-7-9-12-18)25-16-20(26(5-2)6-3)21-13-10-14-28-21/h7-14,19-20,27H,4-6,15-17H2,1-3H3,(H2,23,24,25). The molecule has 0 aliphatic heterocycles. The largest absolute Gasteiger partial charge is 0.468 e. The number of nitrogens with zero attached hydrogens (tertiary/aromatic N) is 2. The van der Waals surface area contributed by atoms with Gasteiger partial charge in [-0.25, -0.2) is 0 Å². The highest BCUT2D eigenvalue weighted by Crippen LogP contribution is 2.20. The lowest BCUT2D eigenvalue weighted by atomic mass is 10.0. The van der Waals surface area contributed by atoms with Crippen LogP contribution in [0.1, 0.15) is 44.1 Å². The van der Waals surface area contributed by atoms with Crippen LogP contribution >= 0.6 is 0 Å². The Labute approximate surface area is 168 Å². The van der Waals surface area contributed by atoms with E-state index in [2.05, 4.69) is 29.4 Å². The normalized spacial score (nSPS) is 14.1. The number of likely N-dealkylation sites (N-methyl/N-ethyl adjacent to an activating group) is 1. The van der Waals surface area contributed by atoms with Crippen molar-refractivity contribution >= 4 is 5.96 Å². The SMILES string of the molecule is CCNC(=NCC(CO)c1ccccc1)NCC(c1ccco1)N(CC)CC. The van der Waals surface area contributed by atoms with E-state index in [1.54, 1.807) is 6.26 Å². The first-order valence-electron chi connectivity index (χ1n) is 10.2. The third-order valence-electron chi connectivity index (χ3n) is 4.89. The Hall–Kier alpha value is -2.31. The van der Waals surface area contributed by atoms with Crippen LogP contribution in [0, 0.1) is 0 Å². The fourth-order valence-electron chi connectivity index (χ4n) is 3.29. The highest BCUT2D eigenvalue weighted by atomic mass is 16.3. The van der Waals surface area contributed by atoms with Crippen molar-refractivity contribution in [2.45, 2.75) is 32.7 Å². The van der Waals surface area contributed by atoms with E-state index < -0.39 is 0 Å². The smallest absolute Gasteiger partial charge is 0.191 e. The Bertz CT molecular complexity index is 669. The van der Waals surface area contributed by atoms with Crippen molar-refractivity contribution in [1.82, 2.24) is 15.5 Å². The summed E-state index contributed by atoms with van der Waals surface area (Å²) in [6.07, 6.45) is 1.72. The molecule has 6 heteroatoms. The Morgan fingerprint density at radius 3 is 2.39 bits per heavy atom. The Morgan fingerprint density at radius 2 is 1.82 bits per heavy atom. The fraction of sp³-hybridized carbons (Fsp3) is 0.500. The minimum absolute atomic E-state index is 0.0136. The molecule has 0 spiro atoms. The number of benzene rings is 1. The second kappa shape index (κ2) is 12.2. The van der Waals surface area contributed by atoms with Crippen LogP contribution in [0.15, 0.2) is 58.1 Å². The Kier molecular flexibility index (Phi) is 9.59. The molecule has 1 aromatic heterocycles. The molecule has 0 saturated heterocycles. The quantitative estimate of drug-likeness (QED) is 0.409. The van der Waals surface area contributed by atoms with Crippen molar-refractivity contribution in [2.75, 3.05) is 39.3 Å². The number of guanidine groups is 1. The van der Waals surface area contributed by atoms with Gasteiger partial charge in [0.2, 0.25) is 0 Å². The highest BCUT2D eigenvalue weighted by molar-refractivity contribution is 5.79. The van der Waals surface area contributed by atoms with E-state index in [4.69, 9.17) is 9.41 Å². The maximum Gasteiger partial charge on any atom is 0.191 e. The summed E-state index contributed by atoms with van der Waals surface area (Å²) in [5, 5.41) is 16.5. The number of aliphatic imine (C=N–C) groups is 1. The van der Waals surface area contributed by atoms with Gasteiger partial charge in [-0.1, -0.05) is 44.2 Å². The number of rotatable bonds is 11. The lowest BCUT2D eigenvalue weighted by Gasteiger charge is -2.29. The molecule has 2 atom stereocenters. The minimum atomic E-state index is -0.0136. The summed E-state index contributed by atoms with van der Waals surface area (Å²) in [7, 11) is 0. The van der Waals surface area contributed by atoms with Crippen molar-refractivity contribution in [3.63, 3.8) is 0 Å². The molecule has 0 bridgehead atoms. The van der Waals surface area contributed by atoms with Crippen molar-refractivity contribution in [2.24, 2.45) is 4.99 Å². The van der Waals surface area contributed by atoms with Crippen LogP contribution < -0.4 is 10.6 Å². The van der Waals surface area contributed by atoms with Crippen LogP contribution in [0.4, 0.5) is 0 Å². The maximum atomic E-state index is 9.77. The van der Waals surface area contributed by atoms with Crippen LogP contribution in [0.25, 0.3) is 0 Å². The van der Waals surface area contributed by atoms with Crippen LogP contribution in [0.2, 0.25) is 0 Å². The molecule has 0 amide bonds. The zero-order valence-electron chi connectivity index (χ0n) is 17.3. The first-order chi connectivity index (χ1) is 13.7. The van der Waals surface area contributed by atoms with Crippen LogP contribution in [0.3, 0.4) is 0 Å². The van der Waals surface area contributed by atoms with E-state index in [-0.39, 0.29) is 18.6 Å². The van der Waals surface area contributed by atoms with Gasteiger partial charge in [0.05, 0.1) is 25.5 Å². The molecule has 28 heavy (non-hydrogen) atoms. The number of nitrogens with one attached hydrogen (secondary N) is 2.